The lowest BCUT2D eigenvalue weighted by Crippen LogP contribution is -2.35. The minimum Gasteiger partial charge on any atom is -0.476 e. The second-order valence-electron chi connectivity index (χ2n) is 4.54. The van der Waals surface area contributed by atoms with Gasteiger partial charge in [-0.05, 0) is 13.3 Å². The maximum Gasteiger partial charge on any atom is 0.358 e. The molecule has 0 aliphatic heterocycles. The van der Waals surface area contributed by atoms with Gasteiger partial charge in [-0.25, -0.2) is 9.48 Å². The van der Waals surface area contributed by atoms with Gasteiger partial charge in [-0.1, -0.05) is 18.6 Å². The molecule has 1 aromatic heterocycles. The van der Waals surface area contributed by atoms with Gasteiger partial charge in [-0.3, -0.25) is 4.79 Å². The first-order chi connectivity index (χ1) is 9.49. The van der Waals surface area contributed by atoms with Crippen LogP contribution in [0.25, 0.3) is 0 Å². The molecular weight excluding hydrogens is 264 g/mol. The molecule has 0 radical (unpaired) electrons. The highest BCUT2D eigenvalue weighted by molar-refractivity contribution is 5.86. The number of carboxylic acid groups (broad SMARTS) is 1. The first kappa shape index (κ1) is 16.1. The highest BCUT2D eigenvalue weighted by atomic mass is 16.5. The van der Waals surface area contributed by atoms with Crippen molar-refractivity contribution < 1.29 is 19.4 Å². The van der Waals surface area contributed by atoms with Crippen molar-refractivity contribution in [2.45, 2.75) is 45.9 Å². The Hall–Kier alpha value is -1.96. The number of carboxylic acids is 1. The van der Waals surface area contributed by atoms with E-state index in [9.17, 15) is 9.59 Å². The summed E-state index contributed by atoms with van der Waals surface area (Å²) in [4.78, 5) is 22.8. The minimum absolute atomic E-state index is 0.0342. The van der Waals surface area contributed by atoms with Crippen LogP contribution in [0.1, 0.15) is 42.9 Å². The van der Waals surface area contributed by atoms with Crippen molar-refractivity contribution in [3.05, 3.63) is 11.4 Å². The molecule has 8 heteroatoms. The number of nitrogens with one attached hydrogen (secondary N) is 1. The summed E-state index contributed by atoms with van der Waals surface area (Å²) < 4.78 is 6.17. The zero-order valence-electron chi connectivity index (χ0n) is 11.9. The zero-order valence-corrected chi connectivity index (χ0v) is 11.9. The summed E-state index contributed by atoms with van der Waals surface area (Å²) in [7, 11) is 1.44. The quantitative estimate of drug-likeness (QED) is 0.717. The number of carbonyl (C=O) groups is 2. The number of rotatable bonds is 8. The van der Waals surface area contributed by atoms with Crippen LogP contribution < -0.4 is 5.32 Å². The van der Waals surface area contributed by atoms with Crippen molar-refractivity contribution in [2.75, 3.05) is 7.11 Å². The summed E-state index contributed by atoms with van der Waals surface area (Å²) in [6.07, 6.45) is 1.86. The topological polar surface area (TPSA) is 106 Å². The van der Waals surface area contributed by atoms with Gasteiger partial charge in [0.15, 0.2) is 5.69 Å². The van der Waals surface area contributed by atoms with E-state index in [0.29, 0.717) is 0 Å². The average molecular weight is 284 g/mol. The van der Waals surface area contributed by atoms with Gasteiger partial charge in [-0.2, -0.15) is 0 Å². The molecule has 0 bridgehead atoms. The molecule has 1 unspecified atom stereocenters. The van der Waals surface area contributed by atoms with Crippen LogP contribution in [0.5, 0.6) is 0 Å². The van der Waals surface area contributed by atoms with Crippen molar-refractivity contribution in [3.63, 3.8) is 0 Å². The molecular formula is C12H20N4O4. The molecule has 0 aliphatic rings. The van der Waals surface area contributed by atoms with Gasteiger partial charge in [-0.15, -0.1) is 5.10 Å². The lowest BCUT2D eigenvalue weighted by atomic mass is 10.2. The monoisotopic (exact) mass is 284 g/mol. The standard InChI is InChI=1S/C12H20N4O4/c1-4-5-8(2)13-10(17)6-16-9(7-20-3)11(12(18)19)14-15-16/h8H,4-7H2,1-3H3,(H,13,17)(H,18,19). The number of ether oxygens (including phenoxy) is 1. The van der Waals surface area contributed by atoms with Crippen LogP contribution in [-0.4, -0.2) is 45.1 Å². The summed E-state index contributed by atoms with van der Waals surface area (Å²) in [5, 5.41) is 19.1. The van der Waals surface area contributed by atoms with E-state index in [2.05, 4.69) is 15.6 Å². The minimum atomic E-state index is -1.19. The Morgan fingerprint density at radius 1 is 1.50 bits per heavy atom. The van der Waals surface area contributed by atoms with Crippen LogP contribution in [0.2, 0.25) is 0 Å². The van der Waals surface area contributed by atoms with Crippen LogP contribution in [0.4, 0.5) is 0 Å². The van der Waals surface area contributed by atoms with Crippen molar-refractivity contribution in [1.29, 1.82) is 0 Å². The van der Waals surface area contributed by atoms with E-state index in [1.54, 1.807) is 0 Å². The molecule has 1 aromatic rings. The highest BCUT2D eigenvalue weighted by Crippen LogP contribution is 2.07. The largest absolute Gasteiger partial charge is 0.476 e. The van der Waals surface area contributed by atoms with Gasteiger partial charge >= 0.3 is 5.97 Å². The number of methoxy groups -OCH3 is 1. The van der Waals surface area contributed by atoms with E-state index >= 15 is 0 Å². The van der Waals surface area contributed by atoms with Crippen molar-refractivity contribution in [3.8, 4) is 0 Å². The van der Waals surface area contributed by atoms with Crippen LogP contribution in [-0.2, 0) is 22.7 Å². The van der Waals surface area contributed by atoms with Crippen molar-refractivity contribution in [2.24, 2.45) is 0 Å². The molecule has 8 nitrogen and oxygen atoms in total. The van der Waals surface area contributed by atoms with E-state index < -0.39 is 5.97 Å². The van der Waals surface area contributed by atoms with Gasteiger partial charge in [0.2, 0.25) is 5.91 Å². The smallest absolute Gasteiger partial charge is 0.358 e. The summed E-state index contributed by atoms with van der Waals surface area (Å²) >= 11 is 0. The molecule has 1 rings (SSSR count). The number of nitrogens with zero attached hydrogens (tertiary/aromatic N) is 3. The summed E-state index contributed by atoms with van der Waals surface area (Å²) in [5.74, 6) is -1.42. The van der Waals surface area contributed by atoms with E-state index in [4.69, 9.17) is 9.84 Å². The van der Waals surface area contributed by atoms with Crippen LogP contribution in [0, 0.1) is 0 Å². The normalized spacial score (nSPS) is 12.2. The van der Waals surface area contributed by atoms with E-state index in [1.807, 2.05) is 13.8 Å². The fraction of sp³-hybridized carbons (Fsp3) is 0.667. The predicted molar refractivity (Wildman–Crippen MR) is 70.2 cm³/mol. The predicted octanol–water partition coefficient (Wildman–Crippen LogP) is 0.428. The third kappa shape index (κ3) is 4.30. The molecule has 112 valence electrons. The summed E-state index contributed by atoms with van der Waals surface area (Å²) in [6, 6.07) is 0.0702. The van der Waals surface area contributed by atoms with E-state index in [-0.39, 0.29) is 36.5 Å². The Labute approximate surface area is 117 Å². The van der Waals surface area contributed by atoms with E-state index in [1.165, 1.54) is 11.8 Å². The SMILES string of the molecule is CCCC(C)NC(=O)Cn1nnc(C(=O)O)c1COC. The number of hydrogen-bond acceptors (Lipinski definition) is 5. The van der Waals surface area contributed by atoms with Gasteiger partial charge in [0.1, 0.15) is 6.54 Å². The molecule has 0 spiro atoms. The fourth-order valence-electron chi connectivity index (χ4n) is 1.87. The molecule has 20 heavy (non-hydrogen) atoms. The molecule has 0 fully saturated rings. The third-order valence-electron chi connectivity index (χ3n) is 2.74. The van der Waals surface area contributed by atoms with Crippen LogP contribution in [0.15, 0.2) is 0 Å². The van der Waals surface area contributed by atoms with Crippen LogP contribution in [0.3, 0.4) is 0 Å². The molecule has 0 saturated heterocycles. The number of aromatic carboxylic acids is 1. The second-order valence-corrected chi connectivity index (χ2v) is 4.54. The van der Waals surface area contributed by atoms with Gasteiger partial charge in [0, 0.05) is 13.2 Å². The van der Waals surface area contributed by atoms with Gasteiger partial charge in [0.05, 0.1) is 12.3 Å². The lowest BCUT2D eigenvalue weighted by molar-refractivity contribution is -0.122. The molecule has 2 N–H and O–H groups in total. The number of hydrogen-bond donors (Lipinski definition) is 2. The molecule has 0 aromatic carbocycles. The second kappa shape index (κ2) is 7.59. The van der Waals surface area contributed by atoms with Gasteiger partial charge in [0.25, 0.3) is 0 Å². The van der Waals surface area contributed by atoms with Crippen molar-refractivity contribution in [1.82, 2.24) is 20.3 Å². The molecule has 0 aliphatic carbocycles. The third-order valence-corrected chi connectivity index (χ3v) is 2.74. The maximum absolute atomic E-state index is 11.8. The maximum atomic E-state index is 11.8. The van der Waals surface area contributed by atoms with Gasteiger partial charge < -0.3 is 15.2 Å². The van der Waals surface area contributed by atoms with E-state index in [0.717, 1.165) is 12.8 Å². The molecule has 1 heterocycles. The Balaban J connectivity index is 2.76. The van der Waals surface area contributed by atoms with Crippen LogP contribution >= 0.6 is 0 Å². The zero-order chi connectivity index (χ0) is 15.1. The Morgan fingerprint density at radius 2 is 2.20 bits per heavy atom. The highest BCUT2D eigenvalue weighted by Gasteiger charge is 2.20. The molecule has 0 saturated carbocycles. The summed E-state index contributed by atoms with van der Waals surface area (Å²) in [5.41, 5.74) is 0.0829. The number of amides is 1. The Kier molecular flexibility index (Phi) is 6.10. The first-order valence-corrected chi connectivity index (χ1v) is 6.43. The Morgan fingerprint density at radius 3 is 2.75 bits per heavy atom. The fourth-order valence-corrected chi connectivity index (χ4v) is 1.87. The lowest BCUT2D eigenvalue weighted by Gasteiger charge is -2.13. The Bertz CT molecular complexity index is 472. The number of carbonyl (C=O) groups excluding carboxylic acids is 1. The molecule has 1 atom stereocenters. The average Bonchev–Trinajstić information content (AvgIpc) is 2.73. The van der Waals surface area contributed by atoms with Crippen molar-refractivity contribution >= 4 is 11.9 Å². The first-order valence-electron chi connectivity index (χ1n) is 6.43. The summed E-state index contributed by atoms with van der Waals surface area (Å²) in [6.45, 7) is 3.91. The molecule has 1 amide bonds. The number of aromatic nitrogens is 3.